The molecular weight excluding hydrogens is 781 g/mol. The molecule has 0 unspecified atom stereocenters. The SMILES string of the molecule is CCCN(Cc1ncc(-c2ccc3c(c2)COc2cc4c(ccc5[nH]c(CN(C[C@@H](C)COC)C(=O)[C@H](NC(=O)OC)c6ccccc6)nc54)cc2-3)[nH]1)C(=O)CNC(=O)OC. The number of hydrogen-bond donors (Lipinski definition) is 4. The maximum absolute atomic E-state index is 14.3. The van der Waals surface area contributed by atoms with Crippen LogP contribution in [-0.4, -0.2) is 101 Å². The number of nitrogens with one attached hydrogen (secondary N) is 4. The van der Waals surface area contributed by atoms with Gasteiger partial charge in [0.25, 0.3) is 0 Å². The van der Waals surface area contributed by atoms with Crippen LogP contribution in [0.15, 0.2) is 79.0 Å². The average Bonchev–Trinajstić information content (AvgIpc) is 3.93. The molecule has 4 amide bonds. The van der Waals surface area contributed by atoms with Gasteiger partial charge in [-0.3, -0.25) is 9.59 Å². The van der Waals surface area contributed by atoms with Crippen LogP contribution in [0.2, 0.25) is 0 Å². The molecule has 4 aromatic carbocycles. The summed E-state index contributed by atoms with van der Waals surface area (Å²) < 4.78 is 21.2. The molecule has 7 rings (SSSR count). The lowest BCUT2D eigenvalue weighted by Gasteiger charge is -2.29. The van der Waals surface area contributed by atoms with Gasteiger partial charge in [-0.25, -0.2) is 19.6 Å². The number of methoxy groups -OCH3 is 3. The van der Waals surface area contributed by atoms with E-state index in [2.05, 4.69) is 48.5 Å². The van der Waals surface area contributed by atoms with Crippen molar-refractivity contribution in [3.63, 3.8) is 0 Å². The third kappa shape index (κ3) is 9.60. The molecule has 0 saturated heterocycles. The van der Waals surface area contributed by atoms with Gasteiger partial charge in [0, 0.05) is 31.1 Å². The smallest absolute Gasteiger partial charge is 0.407 e. The van der Waals surface area contributed by atoms with Crippen molar-refractivity contribution >= 4 is 45.8 Å². The monoisotopic (exact) mass is 830 g/mol. The fourth-order valence-electron chi connectivity index (χ4n) is 7.66. The number of fused-ring (bicyclic) bond motifs is 6. The zero-order chi connectivity index (χ0) is 43.0. The Morgan fingerprint density at radius 2 is 1.67 bits per heavy atom. The van der Waals surface area contributed by atoms with E-state index in [0.717, 1.165) is 61.9 Å². The Morgan fingerprint density at radius 1 is 0.885 bits per heavy atom. The number of benzene rings is 4. The molecule has 1 aliphatic heterocycles. The van der Waals surface area contributed by atoms with Gasteiger partial charge in [0.15, 0.2) is 0 Å². The first-order chi connectivity index (χ1) is 29.6. The molecule has 0 bridgehead atoms. The van der Waals surface area contributed by atoms with E-state index in [4.69, 9.17) is 19.2 Å². The fourth-order valence-corrected chi connectivity index (χ4v) is 7.66. The van der Waals surface area contributed by atoms with Crippen molar-refractivity contribution in [2.24, 2.45) is 5.92 Å². The third-order valence-corrected chi connectivity index (χ3v) is 10.6. The molecule has 2 atom stereocenters. The molecule has 318 valence electrons. The van der Waals surface area contributed by atoms with Gasteiger partial charge in [0.05, 0.1) is 56.8 Å². The predicted octanol–water partition coefficient (Wildman–Crippen LogP) is 6.47. The van der Waals surface area contributed by atoms with E-state index in [1.54, 1.807) is 35.2 Å². The number of ether oxygens (including phenoxy) is 4. The molecule has 6 aromatic rings. The van der Waals surface area contributed by atoms with E-state index in [0.29, 0.717) is 43.5 Å². The van der Waals surface area contributed by atoms with Crippen LogP contribution in [0.4, 0.5) is 9.59 Å². The van der Waals surface area contributed by atoms with E-state index in [1.165, 1.54) is 14.2 Å². The maximum atomic E-state index is 14.3. The summed E-state index contributed by atoms with van der Waals surface area (Å²) >= 11 is 0. The minimum absolute atomic E-state index is 0.00365. The van der Waals surface area contributed by atoms with Crippen LogP contribution in [0.3, 0.4) is 0 Å². The number of carbonyl (C=O) groups is 4. The standard InChI is InChI=1S/C45H50N8O8/c1-6-16-52(40(54)21-47-44(56)59-4)23-38-46-20-36(49-38)30-12-14-32-31(17-30)26-61-37-19-33-29(18-34(32)37)13-15-35-42(33)50-39(48-35)24-53(22-27(2)25-58-3)43(55)41(51-45(57)60-5)28-10-8-7-9-11-28/h7-15,17-20,27,41H,6,16,21-26H2,1-5H3,(H,46,49)(H,47,56)(H,48,50)(H,51,57)/t27-,41-/m1/s1. The Labute approximate surface area is 352 Å². The van der Waals surface area contributed by atoms with E-state index in [-0.39, 0.29) is 37.4 Å². The second-order valence-corrected chi connectivity index (χ2v) is 15.0. The minimum atomic E-state index is -0.976. The van der Waals surface area contributed by atoms with Crippen molar-refractivity contribution in [1.29, 1.82) is 0 Å². The van der Waals surface area contributed by atoms with Crippen molar-refractivity contribution < 1.29 is 38.1 Å². The summed E-state index contributed by atoms with van der Waals surface area (Å²) in [7, 11) is 4.14. The Kier molecular flexibility index (Phi) is 13.1. The van der Waals surface area contributed by atoms with Crippen molar-refractivity contribution in [2.75, 3.05) is 47.6 Å². The quantitative estimate of drug-likeness (QED) is 0.0841. The van der Waals surface area contributed by atoms with Crippen molar-refractivity contribution in [3.8, 4) is 28.1 Å². The molecular formula is C45H50N8O8. The van der Waals surface area contributed by atoms with Crippen LogP contribution >= 0.6 is 0 Å². The molecule has 16 nitrogen and oxygen atoms in total. The molecule has 61 heavy (non-hydrogen) atoms. The number of nitrogens with zero attached hydrogens (tertiary/aromatic N) is 4. The van der Waals surface area contributed by atoms with Crippen molar-refractivity contribution in [2.45, 2.75) is 46.0 Å². The van der Waals surface area contributed by atoms with Crippen LogP contribution in [-0.2, 0) is 43.5 Å². The minimum Gasteiger partial charge on any atom is -0.488 e. The summed E-state index contributed by atoms with van der Waals surface area (Å²) in [6.07, 6.45) is 1.13. The largest absolute Gasteiger partial charge is 0.488 e. The Bertz CT molecular complexity index is 2540. The van der Waals surface area contributed by atoms with Crippen LogP contribution in [0.5, 0.6) is 5.75 Å². The summed E-state index contributed by atoms with van der Waals surface area (Å²) in [4.78, 5) is 70.7. The predicted molar refractivity (Wildman–Crippen MR) is 228 cm³/mol. The molecule has 4 N–H and O–H groups in total. The van der Waals surface area contributed by atoms with E-state index in [9.17, 15) is 19.2 Å². The van der Waals surface area contributed by atoms with Crippen LogP contribution in [0, 0.1) is 5.92 Å². The van der Waals surface area contributed by atoms with E-state index < -0.39 is 18.2 Å². The molecule has 2 aromatic heterocycles. The van der Waals surface area contributed by atoms with Gasteiger partial charge in [-0.05, 0) is 64.2 Å². The van der Waals surface area contributed by atoms with Gasteiger partial charge >= 0.3 is 12.2 Å². The van der Waals surface area contributed by atoms with Crippen LogP contribution < -0.4 is 15.4 Å². The van der Waals surface area contributed by atoms with Crippen molar-refractivity contribution in [1.82, 2.24) is 40.4 Å². The number of aromatic amines is 2. The lowest BCUT2D eigenvalue weighted by Crippen LogP contribution is -2.44. The first kappa shape index (κ1) is 42.2. The van der Waals surface area contributed by atoms with Crippen molar-refractivity contribution in [3.05, 3.63) is 102 Å². The first-order valence-corrected chi connectivity index (χ1v) is 20.1. The van der Waals surface area contributed by atoms with E-state index in [1.807, 2.05) is 56.3 Å². The first-order valence-electron chi connectivity index (χ1n) is 20.1. The number of aromatic nitrogens is 4. The summed E-state index contributed by atoms with van der Waals surface area (Å²) in [6.45, 7) is 5.91. The second-order valence-electron chi connectivity index (χ2n) is 15.0. The molecule has 3 heterocycles. The molecule has 0 aliphatic carbocycles. The Hall–Kier alpha value is -6.94. The molecule has 0 fully saturated rings. The summed E-state index contributed by atoms with van der Waals surface area (Å²) in [5, 5.41) is 7.04. The number of hydrogen-bond acceptors (Lipinski definition) is 10. The topological polar surface area (TPSA) is 193 Å². The lowest BCUT2D eigenvalue weighted by molar-refractivity contribution is -0.135. The number of alkyl carbamates (subject to hydrolysis) is 2. The number of H-pyrrole nitrogens is 2. The highest BCUT2D eigenvalue weighted by Crippen LogP contribution is 2.42. The highest BCUT2D eigenvalue weighted by Gasteiger charge is 2.30. The lowest BCUT2D eigenvalue weighted by atomic mass is 9.92. The zero-order valence-corrected chi connectivity index (χ0v) is 34.9. The Balaban J connectivity index is 1.12. The van der Waals surface area contributed by atoms with Crippen LogP contribution in [0.25, 0.3) is 44.2 Å². The molecule has 0 radical (unpaired) electrons. The fraction of sp³-hybridized carbons (Fsp3) is 0.333. The maximum Gasteiger partial charge on any atom is 0.407 e. The summed E-state index contributed by atoms with van der Waals surface area (Å²) in [6, 6.07) is 22.5. The molecule has 1 aliphatic rings. The van der Waals surface area contributed by atoms with Crippen LogP contribution in [0.1, 0.15) is 49.1 Å². The third-order valence-electron chi connectivity index (χ3n) is 10.6. The molecule has 0 saturated carbocycles. The van der Waals surface area contributed by atoms with Gasteiger partial charge in [0.2, 0.25) is 11.8 Å². The highest BCUT2D eigenvalue weighted by molar-refractivity contribution is 6.07. The zero-order valence-electron chi connectivity index (χ0n) is 34.9. The van der Waals surface area contributed by atoms with Gasteiger partial charge in [0.1, 0.15) is 36.6 Å². The van der Waals surface area contributed by atoms with Gasteiger partial charge < -0.3 is 49.3 Å². The van der Waals surface area contributed by atoms with E-state index >= 15 is 0 Å². The van der Waals surface area contributed by atoms with Gasteiger partial charge in [-0.2, -0.15) is 0 Å². The Morgan fingerprint density at radius 3 is 2.43 bits per heavy atom. The second kappa shape index (κ2) is 19.0. The average molecular weight is 831 g/mol. The number of amides is 4. The number of imidazole rings is 2. The molecule has 0 spiro atoms. The highest BCUT2D eigenvalue weighted by atomic mass is 16.5. The summed E-state index contributed by atoms with van der Waals surface area (Å²) in [5.74, 6) is 1.40. The van der Waals surface area contributed by atoms with Gasteiger partial charge in [-0.15, -0.1) is 0 Å². The number of rotatable bonds is 16. The van der Waals surface area contributed by atoms with Gasteiger partial charge in [-0.1, -0.05) is 62.4 Å². The molecule has 16 heteroatoms. The summed E-state index contributed by atoms with van der Waals surface area (Å²) in [5.41, 5.74) is 6.96. The number of carbonyl (C=O) groups excluding carboxylic acids is 4. The normalized spacial score (nSPS) is 12.7.